The van der Waals surface area contributed by atoms with Crippen molar-refractivity contribution in [3.05, 3.63) is 23.8 Å². The van der Waals surface area contributed by atoms with Crippen molar-refractivity contribution < 1.29 is 24.0 Å². The number of carbonyl (C=O) groups excluding carboxylic acids is 2. The molecule has 7 nitrogen and oxygen atoms in total. The first-order valence-electron chi connectivity index (χ1n) is 11.0. The van der Waals surface area contributed by atoms with Gasteiger partial charge in [-0.3, -0.25) is 10.1 Å². The molecule has 0 aliphatic heterocycles. The zero-order valence-corrected chi connectivity index (χ0v) is 18.3. The van der Waals surface area contributed by atoms with Crippen LogP contribution in [0, 0.1) is 17.8 Å². The summed E-state index contributed by atoms with van der Waals surface area (Å²) in [6.45, 7) is 0.820. The second-order valence-corrected chi connectivity index (χ2v) is 9.69. The molecule has 30 heavy (non-hydrogen) atoms. The Kier molecular flexibility index (Phi) is 5.91. The van der Waals surface area contributed by atoms with Crippen LogP contribution in [0.2, 0.25) is 0 Å². The van der Waals surface area contributed by atoms with Crippen molar-refractivity contribution in [1.82, 2.24) is 10.6 Å². The minimum Gasteiger partial charge on any atom is -0.497 e. The first-order valence-corrected chi connectivity index (χ1v) is 11.0. The highest BCUT2D eigenvalue weighted by molar-refractivity contribution is 5.95. The maximum absolute atomic E-state index is 12.6. The van der Waals surface area contributed by atoms with Crippen LogP contribution in [-0.2, 0) is 11.3 Å². The number of rotatable bonds is 7. The van der Waals surface area contributed by atoms with Crippen molar-refractivity contribution >= 4 is 11.9 Å². The SMILES string of the molecule is COc1ccc(C[NH+](C)CC(=O)NC(=O)NC23CC4CC(CC(C4)C2)C3)c(OC)c1. The lowest BCUT2D eigenvalue weighted by Gasteiger charge is -2.56. The number of likely N-dealkylation sites (N-methyl/N-ethyl adjacent to an activating group) is 1. The zero-order valence-electron chi connectivity index (χ0n) is 18.3. The largest absolute Gasteiger partial charge is 0.497 e. The van der Waals surface area contributed by atoms with Gasteiger partial charge < -0.3 is 19.7 Å². The molecule has 4 bridgehead atoms. The van der Waals surface area contributed by atoms with E-state index in [0.29, 0.717) is 6.54 Å². The molecular weight excluding hydrogens is 382 g/mol. The topological polar surface area (TPSA) is 81.1 Å². The Bertz CT molecular complexity index is 774. The number of hydrogen-bond acceptors (Lipinski definition) is 4. The van der Waals surface area contributed by atoms with Crippen LogP contribution in [0.1, 0.15) is 44.1 Å². The van der Waals surface area contributed by atoms with E-state index in [-0.39, 0.29) is 24.0 Å². The van der Waals surface area contributed by atoms with E-state index in [9.17, 15) is 9.59 Å². The van der Waals surface area contributed by atoms with Gasteiger partial charge in [-0.15, -0.1) is 0 Å². The molecule has 1 aromatic carbocycles. The quantitative estimate of drug-likeness (QED) is 0.630. The number of urea groups is 1. The van der Waals surface area contributed by atoms with Gasteiger partial charge in [0.2, 0.25) is 0 Å². The molecule has 0 spiro atoms. The number of methoxy groups -OCH3 is 2. The van der Waals surface area contributed by atoms with Crippen LogP contribution in [0.5, 0.6) is 11.5 Å². The van der Waals surface area contributed by atoms with Crippen LogP contribution in [0.3, 0.4) is 0 Å². The van der Waals surface area contributed by atoms with Crippen LogP contribution < -0.4 is 25.0 Å². The molecule has 164 valence electrons. The van der Waals surface area contributed by atoms with Crippen molar-refractivity contribution in [2.24, 2.45) is 17.8 Å². The number of benzene rings is 1. The van der Waals surface area contributed by atoms with Gasteiger partial charge in [0, 0.05) is 17.2 Å². The minimum absolute atomic E-state index is 0.0890. The molecule has 7 heteroatoms. The predicted molar refractivity (Wildman–Crippen MR) is 113 cm³/mol. The first-order chi connectivity index (χ1) is 14.4. The van der Waals surface area contributed by atoms with Gasteiger partial charge in [-0.25, -0.2) is 4.79 Å². The van der Waals surface area contributed by atoms with Crippen molar-refractivity contribution in [2.45, 2.75) is 50.6 Å². The second-order valence-electron chi connectivity index (χ2n) is 9.69. The second kappa shape index (κ2) is 8.46. The van der Waals surface area contributed by atoms with Gasteiger partial charge in [-0.2, -0.15) is 0 Å². The summed E-state index contributed by atoms with van der Waals surface area (Å²) < 4.78 is 10.7. The summed E-state index contributed by atoms with van der Waals surface area (Å²) in [5.74, 6) is 3.45. The third-order valence-electron chi connectivity index (χ3n) is 7.12. The summed E-state index contributed by atoms with van der Waals surface area (Å²) in [5, 5.41) is 5.75. The number of carbonyl (C=O) groups is 2. The summed E-state index contributed by atoms with van der Waals surface area (Å²) >= 11 is 0. The molecule has 3 N–H and O–H groups in total. The lowest BCUT2D eigenvalue weighted by Crippen LogP contribution is -3.09. The third kappa shape index (κ3) is 4.56. The van der Waals surface area contributed by atoms with Gasteiger partial charge >= 0.3 is 6.03 Å². The van der Waals surface area contributed by atoms with Crippen LogP contribution in [0.25, 0.3) is 0 Å². The fourth-order valence-corrected chi connectivity index (χ4v) is 6.37. The molecule has 4 fully saturated rings. The fraction of sp³-hybridized carbons (Fsp3) is 0.652. The summed E-state index contributed by atoms with van der Waals surface area (Å²) in [7, 11) is 5.17. The molecule has 1 aromatic rings. The van der Waals surface area contributed by atoms with Crippen LogP contribution in [0.15, 0.2) is 18.2 Å². The Hall–Kier alpha value is -2.28. The Morgan fingerprint density at radius 3 is 2.27 bits per heavy atom. The Balaban J connectivity index is 1.28. The normalized spacial score (nSPS) is 29.9. The maximum Gasteiger partial charge on any atom is 0.322 e. The van der Waals surface area contributed by atoms with Crippen molar-refractivity contribution in [1.29, 1.82) is 0 Å². The Morgan fingerprint density at radius 2 is 1.70 bits per heavy atom. The van der Waals surface area contributed by atoms with Gasteiger partial charge in [0.15, 0.2) is 6.54 Å². The van der Waals surface area contributed by atoms with Gasteiger partial charge in [0.25, 0.3) is 5.91 Å². The molecule has 4 aliphatic rings. The lowest BCUT2D eigenvalue weighted by molar-refractivity contribution is -0.885. The molecule has 1 unspecified atom stereocenters. The molecule has 0 aromatic heterocycles. The number of quaternary nitrogens is 1. The lowest BCUT2D eigenvalue weighted by atomic mass is 9.53. The van der Waals surface area contributed by atoms with E-state index in [1.54, 1.807) is 14.2 Å². The van der Waals surface area contributed by atoms with E-state index in [0.717, 1.165) is 59.0 Å². The van der Waals surface area contributed by atoms with E-state index >= 15 is 0 Å². The molecule has 5 rings (SSSR count). The number of imide groups is 1. The molecule has 4 aliphatic carbocycles. The average molecular weight is 417 g/mol. The van der Waals surface area contributed by atoms with Crippen LogP contribution in [0.4, 0.5) is 4.79 Å². The molecule has 0 saturated heterocycles. The Labute approximate surface area is 178 Å². The molecule has 4 saturated carbocycles. The van der Waals surface area contributed by atoms with Crippen LogP contribution >= 0.6 is 0 Å². The van der Waals surface area contributed by atoms with Gasteiger partial charge in [0.05, 0.1) is 21.3 Å². The fourth-order valence-electron chi connectivity index (χ4n) is 6.37. The third-order valence-corrected chi connectivity index (χ3v) is 7.12. The highest BCUT2D eigenvalue weighted by Crippen LogP contribution is 2.55. The summed E-state index contributed by atoms with van der Waals surface area (Å²) in [5.41, 5.74) is 0.899. The van der Waals surface area contributed by atoms with Crippen molar-refractivity contribution in [3.63, 3.8) is 0 Å². The predicted octanol–water partition coefficient (Wildman–Crippen LogP) is 1.51. The molecular formula is C23H34N3O4+. The highest BCUT2D eigenvalue weighted by Gasteiger charge is 2.51. The van der Waals surface area contributed by atoms with Crippen molar-refractivity contribution in [2.75, 3.05) is 27.8 Å². The van der Waals surface area contributed by atoms with Gasteiger partial charge in [-0.05, 0) is 68.4 Å². The maximum atomic E-state index is 12.6. The average Bonchev–Trinajstić information content (AvgIpc) is 2.66. The first kappa shape index (κ1) is 21.0. The Morgan fingerprint density at radius 1 is 1.07 bits per heavy atom. The highest BCUT2D eigenvalue weighted by atomic mass is 16.5. The molecule has 1 atom stereocenters. The molecule has 0 heterocycles. The number of nitrogens with one attached hydrogen (secondary N) is 3. The summed E-state index contributed by atoms with van der Waals surface area (Å²) in [6.07, 6.45) is 7.19. The zero-order chi connectivity index (χ0) is 21.3. The number of ether oxygens (including phenoxy) is 2. The minimum atomic E-state index is -0.336. The van der Waals surface area contributed by atoms with E-state index in [1.165, 1.54) is 19.3 Å². The smallest absolute Gasteiger partial charge is 0.322 e. The molecule has 3 amide bonds. The van der Waals surface area contributed by atoms with Gasteiger partial charge in [0.1, 0.15) is 18.0 Å². The molecule has 0 radical (unpaired) electrons. The summed E-state index contributed by atoms with van der Waals surface area (Å²) in [6, 6.07) is 5.32. The van der Waals surface area contributed by atoms with E-state index in [2.05, 4.69) is 10.6 Å². The number of hydrogen-bond donors (Lipinski definition) is 3. The van der Waals surface area contributed by atoms with Crippen molar-refractivity contribution in [3.8, 4) is 11.5 Å². The standard InChI is InChI=1S/C23H33N3O4/c1-26(13-18-4-5-19(29-2)9-20(18)30-3)14-21(27)24-22(28)25-23-10-15-6-16(11-23)8-17(7-15)12-23/h4-5,9,15-17H,6-8,10-14H2,1-3H3,(H2,24,25,27,28)/p+1. The van der Waals surface area contributed by atoms with E-state index in [4.69, 9.17) is 9.47 Å². The van der Waals surface area contributed by atoms with Gasteiger partial charge in [-0.1, -0.05) is 0 Å². The van der Waals surface area contributed by atoms with E-state index < -0.39 is 0 Å². The monoisotopic (exact) mass is 416 g/mol. The number of amides is 3. The summed E-state index contributed by atoms with van der Waals surface area (Å²) in [4.78, 5) is 26.0. The van der Waals surface area contributed by atoms with E-state index in [1.807, 2.05) is 25.2 Å². The van der Waals surface area contributed by atoms with Crippen LogP contribution in [-0.4, -0.2) is 45.3 Å².